The van der Waals surface area contributed by atoms with Gasteiger partial charge in [0.15, 0.2) is 17.3 Å². The Morgan fingerprint density at radius 1 is 1.03 bits per heavy atom. The number of aromatic nitrogens is 4. The molecule has 31 heavy (non-hydrogen) atoms. The van der Waals surface area contributed by atoms with Crippen LogP contribution in [0, 0.1) is 6.92 Å². The highest BCUT2D eigenvalue weighted by molar-refractivity contribution is 5.95. The van der Waals surface area contributed by atoms with E-state index in [2.05, 4.69) is 20.0 Å². The number of rotatable bonds is 6. The molecule has 0 N–H and O–H groups in total. The smallest absolute Gasteiger partial charge is 0.254 e. The minimum atomic E-state index is -0.00661. The molecule has 1 aliphatic rings. The number of ether oxygens (including phenoxy) is 2. The third kappa shape index (κ3) is 3.99. The van der Waals surface area contributed by atoms with Gasteiger partial charge in [-0.3, -0.25) is 9.48 Å². The first kappa shape index (κ1) is 20.9. The van der Waals surface area contributed by atoms with Gasteiger partial charge in [0.05, 0.1) is 18.9 Å². The number of carbonyl (C=O) groups is 1. The molecule has 2 aromatic heterocycles. The van der Waals surface area contributed by atoms with Gasteiger partial charge in [0.1, 0.15) is 17.4 Å². The average Bonchev–Trinajstić information content (AvgIpc) is 3.08. The Balaban J connectivity index is 1.49. The summed E-state index contributed by atoms with van der Waals surface area (Å²) in [7, 11) is 1.91. The van der Waals surface area contributed by atoms with Crippen LogP contribution in [0.5, 0.6) is 11.5 Å². The molecule has 0 spiro atoms. The summed E-state index contributed by atoms with van der Waals surface area (Å²) in [5.41, 5.74) is 3.28. The van der Waals surface area contributed by atoms with Crippen molar-refractivity contribution in [1.29, 1.82) is 0 Å². The SMILES string of the molecule is CCOc1ccc(C(=O)N2CCN(c3ncnc4c(C)nn(C)c34)CC2)cc1OCC. The highest BCUT2D eigenvalue weighted by Crippen LogP contribution is 2.30. The number of aryl methyl sites for hydroxylation is 2. The van der Waals surface area contributed by atoms with Crippen molar-refractivity contribution in [1.82, 2.24) is 24.6 Å². The first-order valence-electron chi connectivity index (χ1n) is 10.6. The van der Waals surface area contributed by atoms with Gasteiger partial charge in [-0.05, 0) is 39.0 Å². The standard InChI is InChI=1S/C22H28N6O3/c1-5-30-17-8-7-16(13-18(17)31-6-2)22(29)28-11-9-27(10-12-28)21-20-19(23-14-24-21)15(3)25-26(20)4/h7-8,13-14H,5-6,9-12H2,1-4H3. The molecule has 0 unspecified atom stereocenters. The molecule has 9 nitrogen and oxygen atoms in total. The second-order valence-electron chi connectivity index (χ2n) is 7.41. The van der Waals surface area contributed by atoms with E-state index in [1.807, 2.05) is 37.4 Å². The number of hydrogen-bond donors (Lipinski definition) is 0. The van der Waals surface area contributed by atoms with E-state index in [1.165, 1.54) is 0 Å². The molecule has 1 amide bonds. The number of piperazine rings is 1. The number of anilines is 1. The van der Waals surface area contributed by atoms with Crippen molar-refractivity contribution in [2.45, 2.75) is 20.8 Å². The molecule has 1 saturated heterocycles. The fourth-order valence-electron chi connectivity index (χ4n) is 3.97. The van der Waals surface area contributed by atoms with Gasteiger partial charge in [-0.2, -0.15) is 5.10 Å². The Morgan fingerprint density at radius 3 is 2.45 bits per heavy atom. The Morgan fingerprint density at radius 2 is 1.74 bits per heavy atom. The van der Waals surface area contributed by atoms with Crippen molar-refractivity contribution in [2.24, 2.45) is 7.05 Å². The number of amides is 1. The lowest BCUT2D eigenvalue weighted by atomic mass is 10.1. The summed E-state index contributed by atoms with van der Waals surface area (Å²) < 4.78 is 13.1. The van der Waals surface area contributed by atoms with E-state index in [1.54, 1.807) is 24.5 Å². The van der Waals surface area contributed by atoms with Crippen LogP contribution in [0.4, 0.5) is 5.82 Å². The number of benzene rings is 1. The van der Waals surface area contributed by atoms with Crippen LogP contribution in [0.1, 0.15) is 29.9 Å². The fraction of sp³-hybridized carbons (Fsp3) is 0.455. The van der Waals surface area contributed by atoms with Gasteiger partial charge in [0, 0.05) is 38.8 Å². The molecule has 0 radical (unpaired) electrons. The summed E-state index contributed by atoms with van der Waals surface area (Å²) in [6, 6.07) is 5.38. The van der Waals surface area contributed by atoms with E-state index >= 15 is 0 Å². The predicted molar refractivity (Wildman–Crippen MR) is 118 cm³/mol. The second-order valence-corrected chi connectivity index (χ2v) is 7.41. The summed E-state index contributed by atoms with van der Waals surface area (Å²) in [5.74, 6) is 2.11. The van der Waals surface area contributed by atoms with Crippen LogP contribution < -0.4 is 14.4 Å². The maximum absolute atomic E-state index is 13.1. The van der Waals surface area contributed by atoms with Gasteiger partial charge in [-0.15, -0.1) is 0 Å². The summed E-state index contributed by atoms with van der Waals surface area (Å²) >= 11 is 0. The molecule has 0 aliphatic carbocycles. The van der Waals surface area contributed by atoms with Crippen molar-refractivity contribution in [2.75, 3.05) is 44.3 Å². The van der Waals surface area contributed by atoms with E-state index in [0.717, 1.165) is 22.5 Å². The lowest BCUT2D eigenvalue weighted by molar-refractivity contribution is 0.0746. The first-order chi connectivity index (χ1) is 15.0. The van der Waals surface area contributed by atoms with Crippen LogP contribution in [0.2, 0.25) is 0 Å². The first-order valence-corrected chi connectivity index (χ1v) is 10.6. The van der Waals surface area contributed by atoms with Gasteiger partial charge in [0.2, 0.25) is 0 Å². The highest BCUT2D eigenvalue weighted by Gasteiger charge is 2.26. The highest BCUT2D eigenvalue weighted by atomic mass is 16.5. The van der Waals surface area contributed by atoms with Crippen LogP contribution in [-0.2, 0) is 7.05 Å². The molecule has 3 heterocycles. The Bertz CT molecular complexity index is 1090. The lowest BCUT2D eigenvalue weighted by Crippen LogP contribution is -2.49. The van der Waals surface area contributed by atoms with Crippen molar-refractivity contribution < 1.29 is 14.3 Å². The zero-order chi connectivity index (χ0) is 22.0. The van der Waals surface area contributed by atoms with Crippen molar-refractivity contribution in [3.8, 4) is 11.5 Å². The monoisotopic (exact) mass is 424 g/mol. The van der Waals surface area contributed by atoms with Crippen LogP contribution in [0.15, 0.2) is 24.5 Å². The Kier molecular flexibility index (Phi) is 5.92. The zero-order valence-corrected chi connectivity index (χ0v) is 18.5. The molecule has 9 heteroatoms. The Labute approximate surface area is 181 Å². The number of hydrogen-bond acceptors (Lipinski definition) is 7. The van der Waals surface area contributed by atoms with E-state index in [0.29, 0.717) is 56.5 Å². The number of fused-ring (bicyclic) bond motifs is 1. The molecule has 4 rings (SSSR count). The van der Waals surface area contributed by atoms with Gasteiger partial charge >= 0.3 is 0 Å². The van der Waals surface area contributed by atoms with Crippen LogP contribution in [-0.4, -0.2) is 69.9 Å². The minimum absolute atomic E-state index is 0.00661. The van der Waals surface area contributed by atoms with E-state index < -0.39 is 0 Å². The molecule has 0 bridgehead atoms. The number of carbonyl (C=O) groups excluding carboxylic acids is 1. The summed E-state index contributed by atoms with van der Waals surface area (Å²) in [4.78, 5) is 26.1. The molecule has 1 aliphatic heterocycles. The largest absolute Gasteiger partial charge is 0.490 e. The molecule has 1 fully saturated rings. The van der Waals surface area contributed by atoms with Gasteiger partial charge in [-0.25, -0.2) is 9.97 Å². The molecule has 0 saturated carbocycles. The predicted octanol–water partition coefficient (Wildman–Crippen LogP) is 2.43. The zero-order valence-electron chi connectivity index (χ0n) is 18.5. The summed E-state index contributed by atoms with van der Waals surface area (Å²) in [6.45, 7) is 9.44. The summed E-state index contributed by atoms with van der Waals surface area (Å²) in [6.07, 6.45) is 1.58. The topological polar surface area (TPSA) is 85.6 Å². The fourth-order valence-corrected chi connectivity index (χ4v) is 3.97. The lowest BCUT2D eigenvalue weighted by Gasteiger charge is -2.35. The second kappa shape index (κ2) is 8.79. The molecule has 1 aromatic carbocycles. The van der Waals surface area contributed by atoms with Crippen LogP contribution in [0.3, 0.4) is 0 Å². The molecular weight excluding hydrogens is 396 g/mol. The molecular formula is C22H28N6O3. The normalized spacial score (nSPS) is 14.2. The average molecular weight is 425 g/mol. The third-order valence-electron chi connectivity index (χ3n) is 5.43. The minimum Gasteiger partial charge on any atom is -0.490 e. The maximum Gasteiger partial charge on any atom is 0.254 e. The number of nitrogens with zero attached hydrogens (tertiary/aromatic N) is 6. The van der Waals surface area contributed by atoms with Crippen molar-refractivity contribution in [3.63, 3.8) is 0 Å². The van der Waals surface area contributed by atoms with E-state index in [4.69, 9.17) is 9.47 Å². The van der Waals surface area contributed by atoms with Gasteiger partial charge < -0.3 is 19.3 Å². The summed E-state index contributed by atoms with van der Waals surface area (Å²) in [5, 5.41) is 4.47. The Hall–Kier alpha value is -3.36. The third-order valence-corrected chi connectivity index (χ3v) is 5.43. The molecule has 164 valence electrons. The van der Waals surface area contributed by atoms with E-state index in [-0.39, 0.29) is 5.91 Å². The van der Waals surface area contributed by atoms with Crippen LogP contribution >= 0.6 is 0 Å². The van der Waals surface area contributed by atoms with Crippen LogP contribution in [0.25, 0.3) is 11.0 Å². The molecule has 3 aromatic rings. The van der Waals surface area contributed by atoms with Gasteiger partial charge in [0.25, 0.3) is 5.91 Å². The van der Waals surface area contributed by atoms with Crippen molar-refractivity contribution >= 4 is 22.8 Å². The van der Waals surface area contributed by atoms with Gasteiger partial charge in [-0.1, -0.05) is 0 Å². The van der Waals surface area contributed by atoms with Crippen molar-refractivity contribution in [3.05, 3.63) is 35.8 Å². The van der Waals surface area contributed by atoms with E-state index in [9.17, 15) is 4.79 Å². The molecule has 0 atom stereocenters. The quantitative estimate of drug-likeness (QED) is 0.601. The maximum atomic E-state index is 13.1.